The minimum Gasteiger partial charge on any atom is -0.339 e. The van der Waals surface area contributed by atoms with E-state index in [4.69, 9.17) is 16.1 Å². The van der Waals surface area contributed by atoms with E-state index in [2.05, 4.69) is 20.6 Å². The maximum atomic E-state index is 12.9. The summed E-state index contributed by atoms with van der Waals surface area (Å²) in [6, 6.07) is 9.04. The molecule has 4 rings (SSSR count). The summed E-state index contributed by atoms with van der Waals surface area (Å²) in [6.07, 6.45) is 5.28. The minimum absolute atomic E-state index is 0.140. The number of nitrogens with one attached hydrogen (secondary N) is 1. The Morgan fingerprint density at radius 3 is 2.68 bits per heavy atom. The lowest BCUT2D eigenvalue weighted by atomic mass is 9.96. The van der Waals surface area contributed by atoms with E-state index in [1.807, 2.05) is 32.0 Å². The first-order chi connectivity index (χ1) is 13.5. The third kappa shape index (κ3) is 3.42. The van der Waals surface area contributed by atoms with E-state index in [1.165, 1.54) is 0 Å². The maximum absolute atomic E-state index is 12.9. The van der Waals surface area contributed by atoms with Crippen molar-refractivity contribution in [3.63, 3.8) is 0 Å². The molecule has 7 nitrogen and oxygen atoms in total. The van der Waals surface area contributed by atoms with Gasteiger partial charge in [0.05, 0.1) is 10.7 Å². The zero-order valence-electron chi connectivity index (χ0n) is 15.9. The molecule has 146 valence electrons. The number of benzene rings is 1. The molecule has 1 aliphatic carbocycles. The molecule has 0 spiro atoms. The molecule has 0 atom stereocenters. The van der Waals surface area contributed by atoms with Gasteiger partial charge in [-0.3, -0.25) is 4.79 Å². The fourth-order valence-corrected chi connectivity index (χ4v) is 3.77. The van der Waals surface area contributed by atoms with Crippen LogP contribution < -0.4 is 5.32 Å². The quantitative estimate of drug-likeness (QED) is 0.693. The molecule has 0 radical (unpaired) electrons. The normalized spacial score (nSPS) is 15.9. The molecule has 0 aliphatic heterocycles. The van der Waals surface area contributed by atoms with Crippen LogP contribution in [0.3, 0.4) is 0 Å². The van der Waals surface area contributed by atoms with Gasteiger partial charge in [0, 0.05) is 12.1 Å². The number of carbonyl (C=O) groups excluding carboxylic acids is 1. The molecule has 3 aromatic rings. The van der Waals surface area contributed by atoms with Crippen LogP contribution in [0.1, 0.15) is 67.7 Å². The second-order valence-corrected chi connectivity index (χ2v) is 7.86. The SMILES string of the molecule is CC(C)c1nc(C2(NC(=O)c3ccn(-c4ccccc4Cl)n3)CCCC2)no1. The summed E-state index contributed by atoms with van der Waals surface area (Å²) in [7, 11) is 0. The average Bonchev–Trinajstić information content (AvgIpc) is 3.42. The molecule has 1 saturated carbocycles. The topological polar surface area (TPSA) is 85.8 Å². The van der Waals surface area contributed by atoms with E-state index in [9.17, 15) is 4.79 Å². The third-order valence-electron chi connectivity index (χ3n) is 5.09. The summed E-state index contributed by atoms with van der Waals surface area (Å²) in [5.41, 5.74) is 0.430. The van der Waals surface area contributed by atoms with Gasteiger partial charge in [-0.2, -0.15) is 10.1 Å². The molecule has 2 heterocycles. The second kappa shape index (κ2) is 7.39. The summed E-state index contributed by atoms with van der Waals surface area (Å²) in [4.78, 5) is 17.5. The number of nitrogens with zero attached hydrogens (tertiary/aromatic N) is 4. The highest BCUT2D eigenvalue weighted by atomic mass is 35.5. The number of hydrogen-bond acceptors (Lipinski definition) is 5. The van der Waals surface area contributed by atoms with Crippen LogP contribution >= 0.6 is 11.6 Å². The summed E-state index contributed by atoms with van der Waals surface area (Å²) < 4.78 is 6.98. The average molecular weight is 400 g/mol. The van der Waals surface area contributed by atoms with Crippen molar-refractivity contribution in [2.45, 2.75) is 51.0 Å². The first-order valence-corrected chi connectivity index (χ1v) is 9.83. The van der Waals surface area contributed by atoms with Crippen molar-refractivity contribution in [2.75, 3.05) is 0 Å². The van der Waals surface area contributed by atoms with Gasteiger partial charge in [0.25, 0.3) is 5.91 Å². The highest BCUT2D eigenvalue weighted by Gasteiger charge is 2.42. The molecular formula is C20H22ClN5O2. The molecule has 1 amide bonds. The number of amides is 1. The van der Waals surface area contributed by atoms with Gasteiger partial charge in [0.1, 0.15) is 5.54 Å². The largest absolute Gasteiger partial charge is 0.339 e. The van der Waals surface area contributed by atoms with Gasteiger partial charge in [-0.05, 0) is 31.0 Å². The summed E-state index contributed by atoms with van der Waals surface area (Å²) in [5.74, 6) is 1.01. The van der Waals surface area contributed by atoms with Gasteiger partial charge in [-0.1, -0.05) is 55.6 Å². The van der Waals surface area contributed by atoms with Crippen molar-refractivity contribution >= 4 is 17.5 Å². The van der Waals surface area contributed by atoms with Crippen LogP contribution in [0.2, 0.25) is 5.02 Å². The maximum Gasteiger partial charge on any atom is 0.272 e. The lowest BCUT2D eigenvalue weighted by molar-refractivity contribution is 0.0886. The summed E-state index contributed by atoms with van der Waals surface area (Å²) >= 11 is 6.23. The third-order valence-corrected chi connectivity index (χ3v) is 5.41. The lowest BCUT2D eigenvalue weighted by Gasteiger charge is -2.26. The molecule has 0 saturated heterocycles. The Morgan fingerprint density at radius 2 is 2.00 bits per heavy atom. The highest BCUT2D eigenvalue weighted by molar-refractivity contribution is 6.32. The fraction of sp³-hybridized carbons (Fsp3) is 0.400. The number of aromatic nitrogens is 4. The molecule has 0 unspecified atom stereocenters. The van der Waals surface area contributed by atoms with Crippen molar-refractivity contribution in [2.24, 2.45) is 0 Å². The summed E-state index contributed by atoms with van der Waals surface area (Å²) in [6.45, 7) is 4.00. The Hall–Kier alpha value is -2.67. The zero-order chi connectivity index (χ0) is 19.7. The lowest BCUT2D eigenvalue weighted by Crippen LogP contribution is -2.44. The fourth-order valence-electron chi connectivity index (χ4n) is 3.55. The van der Waals surface area contributed by atoms with Crippen molar-refractivity contribution in [1.29, 1.82) is 0 Å². The number of hydrogen-bond donors (Lipinski definition) is 1. The van der Waals surface area contributed by atoms with Crippen LogP contribution in [0.15, 0.2) is 41.1 Å². The molecule has 1 aromatic carbocycles. The molecule has 8 heteroatoms. The number of rotatable bonds is 5. The Bertz CT molecular complexity index is 988. The van der Waals surface area contributed by atoms with E-state index in [-0.39, 0.29) is 11.8 Å². The van der Waals surface area contributed by atoms with E-state index < -0.39 is 5.54 Å². The van der Waals surface area contributed by atoms with E-state index >= 15 is 0 Å². The number of halogens is 1. The molecule has 2 aromatic heterocycles. The molecular weight excluding hydrogens is 378 g/mol. The van der Waals surface area contributed by atoms with E-state index in [0.29, 0.717) is 22.4 Å². The predicted octanol–water partition coefficient (Wildman–Crippen LogP) is 4.23. The number of carbonyl (C=O) groups is 1. The van der Waals surface area contributed by atoms with Crippen LogP contribution in [0.25, 0.3) is 5.69 Å². The van der Waals surface area contributed by atoms with Gasteiger partial charge in [-0.25, -0.2) is 4.68 Å². The van der Waals surface area contributed by atoms with Crippen LogP contribution in [-0.2, 0) is 5.54 Å². The standard InChI is InChI=1S/C20H22ClN5O2/c1-13(2)18-22-19(25-28-18)20(10-5-6-11-20)23-17(27)15-9-12-26(24-15)16-8-4-3-7-14(16)21/h3-4,7-9,12-13H,5-6,10-11H2,1-2H3,(H,23,27). The van der Waals surface area contributed by atoms with Gasteiger partial charge in [-0.15, -0.1) is 0 Å². The monoisotopic (exact) mass is 399 g/mol. The Morgan fingerprint density at radius 1 is 1.25 bits per heavy atom. The highest BCUT2D eigenvalue weighted by Crippen LogP contribution is 2.38. The molecule has 1 fully saturated rings. The van der Waals surface area contributed by atoms with Crippen molar-refractivity contribution in [1.82, 2.24) is 25.2 Å². The van der Waals surface area contributed by atoms with Gasteiger partial charge < -0.3 is 9.84 Å². The Kier molecular flexibility index (Phi) is 4.93. The predicted molar refractivity (Wildman–Crippen MR) is 105 cm³/mol. The van der Waals surface area contributed by atoms with E-state index in [0.717, 1.165) is 31.4 Å². The van der Waals surface area contributed by atoms with Crippen LogP contribution in [0.5, 0.6) is 0 Å². The van der Waals surface area contributed by atoms with Crippen LogP contribution in [0, 0.1) is 0 Å². The second-order valence-electron chi connectivity index (χ2n) is 7.45. The zero-order valence-corrected chi connectivity index (χ0v) is 16.6. The molecule has 28 heavy (non-hydrogen) atoms. The van der Waals surface area contributed by atoms with Crippen molar-refractivity contribution in [3.8, 4) is 5.69 Å². The minimum atomic E-state index is -0.609. The summed E-state index contributed by atoms with van der Waals surface area (Å²) in [5, 5.41) is 12.2. The first-order valence-electron chi connectivity index (χ1n) is 9.46. The van der Waals surface area contributed by atoms with Crippen LogP contribution in [0.4, 0.5) is 0 Å². The molecule has 1 aliphatic rings. The Balaban J connectivity index is 1.58. The Labute approximate surface area is 168 Å². The van der Waals surface area contributed by atoms with Gasteiger partial charge in [0.2, 0.25) is 5.89 Å². The van der Waals surface area contributed by atoms with Crippen molar-refractivity contribution < 1.29 is 9.32 Å². The first kappa shape index (κ1) is 18.7. The smallest absolute Gasteiger partial charge is 0.272 e. The van der Waals surface area contributed by atoms with Crippen molar-refractivity contribution in [3.05, 3.63) is 59.0 Å². The van der Waals surface area contributed by atoms with E-state index in [1.54, 1.807) is 23.0 Å². The molecule has 0 bridgehead atoms. The number of para-hydroxylation sites is 1. The van der Waals surface area contributed by atoms with Crippen LogP contribution in [-0.4, -0.2) is 25.8 Å². The van der Waals surface area contributed by atoms with Gasteiger partial charge >= 0.3 is 0 Å². The van der Waals surface area contributed by atoms with Gasteiger partial charge in [0.15, 0.2) is 11.5 Å². The molecule has 1 N–H and O–H groups in total.